The van der Waals surface area contributed by atoms with Gasteiger partial charge in [0.15, 0.2) is 0 Å². The minimum Gasteiger partial charge on any atom is -0.481 e. The molecule has 0 unspecified atom stereocenters. The first-order valence-electron chi connectivity index (χ1n) is 2.12. The summed E-state index contributed by atoms with van der Waals surface area (Å²) in [7, 11) is 0. The second-order valence-corrected chi connectivity index (χ2v) is 2.91. The lowest BCUT2D eigenvalue weighted by atomic mass is 10.3. The number of alkyl halides is 1. The molecule has 1 atom stereocenters. The monoisotopic (exact) mass is 244 g/mol. The fourth-order valence-corrected chi connectivity index (χ4v) is 0.617. The maximum absolute atomic E-state index is 9.96. The topological polar surface area (TPSA) is 74.6 Å². The van der Waals surface area contributed by atoms with Crippen molar-refractivity contribution in [1.82, 2.24) is 0 Å². The van der Waals surface area contributed by atoms with Gasteiger partial charge in [0.25, 0.3) is 0 Å². The van der Waals surface area contributed by atoms with Gasteiger partial charge in [0, 0.05) is 0 Å². The zero-order valence-corrected chi connectivity index (χ0v) is 6.53. The summed E-state index contributed by atoms with van der Waals surface area (Å²) in [5.41, 5.74) is 0. The number of hydrogen-bond acceptors (Lipinski definition) is 2. The van der Waals surface area contributed by atoms with Crippen LogP contribution in [0.3, 0.4) is 0 Å². The molecule has 0 bridgehead atoms. The van der Waals surface area contributed by atoms with Crippen LogP contribution < -0.4 is 0 Å². The molecule has 52 valence electrons. The number of rotatable bonds is 3. The highest BCUT2D eigenvalue weighted by Gasteiger charge is 2.15. The van der Waals surface area contributed by atoms with Gasteiger partial charge in [-0.3, -0.25) is 9.59 Å². The van der Waals surface area contributed by atoms with Crippen LogP contribution in [0.15, 0.2) is 0 Å². The Balaban J connectivity index is 3.63. The van der Waals surface area contributed by atoms with E-state index in [4.69, 9.17) is 10.2 Å². The molecule has 0 aromatic carbocycles. The van der Waals surface area contributed by atoms with Crippen LogP contribution in [0.2, 0.25) is 0 Å². The summed E-state index contributed by atoms with van der Waals surface area (Å²) in [6.07, 6.45) is -0.324. The molecule has 9 heavy (non-hydrogen) atoms. The first kappa shape index (κ1) is 8.67. The maximum atomic E-state index is 9.96. The van der Waals surface area contributed by atoms with Crippen molar-refractivity contribution in [3.63, 3.8) is 0 Å². The van der Waals surface area contributed by atoms with Crippen LogP contribution in [-0.2, 0) is 9.59 Å². The van der Waals surface area contributed by atoms with E-state index in [-0.39, 0.29) is 6.42 Å². The predicted molar refractivity (Wildman–Crippen MR) is 37.7 cm³/mol. The molecule has 0 heterocycles. The molecule has 4 nitrogen and oxygen atoms in total. The molecule has 0 amide bonds. The zero-order chi connectivity index (χ0) is 7.44. The van der Waals surface area contributed by atoms with Crippen molar-refractivity contribution in [1.29, 1.82) is 0 Å². The minimum absolute atomic E-state index is 0.324. The van der Waals surface area contributed by atoms with E-state index < -0.39 is 15.9 Å². The van der Waals surface area contributed by atoms with Crippen molar-refractivity contribution in [2.45, 2.75) is 10.3 Å². The lowest BCUT2D eigenvalue weighted by molar-refractivity contribution is -0.142. The molecule has 0 fully saturated rings. The molecule has 0 radical (unpaired) electrons. The van der Waals surface area contributed by atoms with Gasteiger partial charge in [-0.25, -0.2) is 0 Å². The Morgan fingerprint density at radius 3 is 2.00 bits per heavy atom. The lowest BCUT2D eigenvalue weighted by Gasteiger charge is -1.96. The number of carboxylic acid groups (broad SMARTS) is 2. The molecular formula is C4H5IO4. The fourth-order valence-electron chi connectivity index (χ4n) is 0.241. The van der Waals surface area contributed by atoms with E-state index in [1.165, 1.54) is 0 Å². The van der Waals surface area contributed by atoms with Crippen molar-refractivity contribution < 1.29 is 19.8 Å². The highest BCUT2D eigenvalue weighted by atomic mass is 127. The van der Waals surface area contributed by atoms with E-state index in [2.05, 4.69) is 0 Å². The smallest absolute Gasteiger partial charge is 0.317 e. The third-order valence-corrected chi connectivity index (χ3v) is 1.59. The van der Waals surface area contributed by atoms with Crippen LogP contribution in [0.5, 0.6) is 0 Å². The second-order valence-electron chi connectivity index (χ2n) is 1.40. The largest absolute Gasteiger partial charge is 0.481 e. The number of hydrogen-bond donors (Lipinski definition) is 2. The Kier molecular flexibility index (Phi) is 3.52. The number of halogens is 1. The quantitative estimate of drug-likeness (QED) is 0.554. The molecule has 0 aliphatic rings. The molecule has 0 saturated heterocycles. The molecule has 0 aromatic heterocycles. The van der Waals surface area contributed by atoms with Crippen LogP contribution in [0.4, 0.5) is 0 Å². The van der Waals surface area contributed by atoms with Crippen molar-refractivity contribution in [3.8, 4) is 0 Å². The molecule has 2 N–H and O–H groups in total. The van der Waals surface area contributed by atoms with Gasteiger partial charge in [-0.1, -0.05) is 22.6 Å². The highest BCUT2D eigenvalue weighted by Crippen LogP contribution is 2.04. The van der Waals surface area contributed by atoms with Crippen molar-refractivity contribution in [3.05, 3.63) is 0 Å². The third-order valence-electron chi connectivity index (χ3n) is 0.622. The summed E-state index contributed by atoms with van der Waals surface area (Å²) >= 11 is 1.57. The number of carboxylic acids is 2. The Morgan fingerprint density at radius 1 is 1.44 bits per heavy atom. The molecule has 0 spiro atoms. The Morgan fingerprint density at radius 2 is 1.89 bits per heavy atom. The Bertz CT molecular complexity index is 133. The van der Waals surface area contributed by atoms with Crippen LogP contribution in [0, 0.1) is 0 Å². The molecular weight excluding hydrogens is 239 g/mol. The fraction of sp³-hybridized carbons (Fsp3) is 0.500. The van der Waals surface area contributed by atoms with E-state index in [9.17, 15) is 9.59 Å². The van der Waals surface area contributed by atoms with Gasteiger partial charge in [-0.2, -0.15) is 0 Å². The first-order valence-corrected chi connectivity index (χ1v) is 3.37. The first-order chi connectivity index (χ1) is 4.04. The second kappa shape index (κ2) is 3.65. The van der Waals surface area contributed by atoms with Crippen molar-refractivity contribution in [2.24, 2.45) is 0 Å². The molecule has 0 saturated carbocycles. The standard InChI is InChI=1S/C4H5IO4/c5-2(4(8)9)1-3(6)7/h2H,1H2,(H,6,7)(H,8,9)/t2-/m1/s1. The van der Waals surface area contributed by atoms with Crippen LogP contribution in [-0.4, -0.2) is 26.1 Å². The SMILES string of the molecule is O=C(O)C[C@@H](I)C(=O)O. The molecule has 5 heteroatoms. The molecule has 0 rings (SSSR count). The summed E-state index contributed by atoms with van der Waals surface area (Å²) in [6.45, 7) is 0. The van der Waals surface area contributed by atoms with Crippen LogP contribution in [0.25, 0.3) is 0 Å². The van der Waals surface area contributed by atoms with Crippen LogP contribution >= 0.6 is 22.6 Å². The predicted octanol–water partition coefficient (Wildman–Crippen LogP) is 0.349. The van der Waals surface area contributed by atoms with Gasteiger partial charge in [0.1, 0.15) is 3.92 Å². The van der Waals surface area contributed by atoms with Gasteiger partial charge < -0.3 is 10.2 Å². The summed E-state index contributed by atoms with van der Waals surface area (Å²) in [5.74, 6) is -2.17. The number of carbonyl (C=O) groups is 2. The van der Waals surface area contributed by atoms with Crippen molar-refractivity contribution >= 4 is 34.5 Å². The van der Waals surface area contributed by atoms with Gasteiger partial charge in [0.2, 0.25) is 0 Å². The van der Waals surface area contributed by atoms with E-state index in [1.807, 2.05) is 0 Å². The van der Waals surface area contributed by atoms with Crippen molar-refractivity contribution in [2.75, 3.05) is 0 Å². The number of aliphatic carboxylic acids is 2. The molecule has 0 aliphatic carbocycles. The van der Waals surface area contributed by atoms with Gasteiger partial charge >= 0.3 is 11.9 Å². The Hall–Kier alpha value is -0.330. The average Bonchev–Trinajstić information content (AvgIpc) is 1.63. The summed E-state index contributed by atoms with van der Waals surface area (Å²) in [5, 5.41) is 16.2. The van der Waals surface area contributed by atoms with Gasteiger partial charge in [0.05, 0.1) is 6.42 Å². The molecule has 0 aliphatic heterocycles. The normalized spacial score (nSPS) is 12.6. The van der Waals surface area contributed by atoms with E-state index >= 15 is 0 Å². The summed E-state index contributed by atoms with van der Waals surface area (Å²) in [6, 6.07) is 0. The van der Waals surface area contributed by atoms with E-state index in [1.54, 1.807) is 22.6 Å². The summed E-state index contributed by atoms with van der Waals surface area (Å²) in [4.78, 5) is 19.8. The zero-order valence-electron chi connectivity index (χ0n) is 4.37. The highest BCUT2D eigenvalue weighted by molar-refractivity contribution is 14.1. The minimum atomic E-state index is -1.09. The molecule has 0 aromatic rings. The third kappa shape index (κ3) is 4.19. The summed E-state index contributed by atoms with van der Waals surface area (Å²) < 4.78 is -0.819. The maximum Gasteiger partial charge on any atom is 0.317 e. The van der Waals surface area contributed by atoms with E-state index in [0.717, 1.165) is 0 Å². The van der Waals surface area contributed by atoms with Gasteiger partial charge in [-0.05, 0) is 0 Å². The lowest BCUT2D eigenvalue weighted by Crippen LogP contribution is -2.16. The van der Waals surface area contributed by atoms with E-state index in [0.29, 0.717) is 0 Å². The van der Waals surface area contributed by atoms with Crippen LogP contribution in [0.1, 0.15) is 6.42 Å². The average molecular weight is 244 g/mol. The van der Waals surface area contributed by atoms with Gasteiger partial charge in [-0.15, -0.1) is 0 Å². The Labute approximate surface area is 65.0 Å².